The number of aryl methyl sites for hydroxylation is 1. The molecule has 1 fully saturated rings. The van der Waals surface area contributed by atoms with Crippen molar-refractivity contribution in [1.29, 1.82) is 5.26 Å². The maximum atomic E-state index is 13.8. The van der Waals surface area contributed by atoms with Crippen LogP contribution in [0.3, 0.4) is 0 Å². The van der Waals surface area contributed by atoms with Gasteiger partial charge in [0.25, 0.3) is 0 Å². The Morgan fingerprint density at radius 3 is 2.42 bits per heavy atom. The molecule has 1 aliphatic heterocycles. The molecule has 38 heavy (non-hydrogen) atoms. The number of halogens is 4. The van der Waals surface area contributed by atoms with Gasteiger partial charge in [0.2, 0.25) is 0 Å². The molecule has 0 bridgehead atoms. The summed E-state index contributed by atoms with van der Waals surface area (Å²) in [6, 6.07) is 4.41. The van der Waals surface area contributed by atoms with Gasteiger partial charge in [0.05, 0.1) is 27.9 Å². The van der Waals surface area contributed by atoms with Crippen molar-refractivity contribution in [1.82, 2.24) is 34.5 Å². The van der Waals surface area contributed by atoms with Crippen LogP contribution in [0.4, 0.5) is 18.9 Å². The van der Waals surface area contributed by atoms with Gasteiger partial charge in [0, 0.05) is 37.8 Å². The third-order valence-electron chi connectivity index (χ3n) is 6.70. The molecule has 1 aliphatic rings. The molecule has 1 saturated heterocycles. The standard InChI is InChI=1S/C25H25ClF3N9/c1-24(2,3)38-21(26)17-9-16(12-31-22(17)35-38)19-20(15(11-30)10-18(33-19)25(27,28)29)37-7-5-14(6-8-37)23-34-32-13-36(23)4/h9-10,12-14H,5-8H2,1-4H3. The second-order valence-corrected chi connectivity index (χ2v) is 10.7. The summed E-state index contributed by atoms with van der Waals surface area (Å²) in [6.07, 6.45) is -0.274. The smallest absolute Gasteiger partial charge is 0.369 e. The van der Waals surface area contributed by atoms with E-state index in [0.29, 0.717) is 53.4 Å². The van der Waals surface area contributed by atoms with Crippen LogP contribution in [0.5, 0.6) is 0 Å². The zero-order valence-corrected chi connectivity index (χ0v) is 22.0. The lowest BCUT2D eigenvalue weighted by Crippen LogP contribution is -2.35. The highest BCUT2D eigenvalue weighted by Crippen LogP contribution is 2.41. The average molecular weight is 544 g/mol. The van der Waals surface area contributed by atoms with Crippen LogP contribution in [0.25, 0.3) is 22.3 Å². The molecule has 0 unspecified atom stereocenters. The van der Waals surface area contributed by atoms with Crippen molar-refractivity contribution in [3.05, 3.63) is 46.9 Å². The molecule has 0 radical (unpaired) electrons. The van der Waals surface area contributed by atoms with Gasteiger partial charge < -0.3 is 9.47 Å². The number of nitrogens with zero attached hydrogens (tertiary/aromatic N) is 9. The largest absolute Gasteiger partial charge is 0.433 e. The van der Waals surface area contributed by atoms with Crippen LogP contribution in [0.1, 0.15) is 56.6 Å². The highest BCUT2D eigenvalue weighted by molar-refractivity contribution is 6.34. The molecule has 198 valence electrons. The van der Waals surface area contributed by atoms with E-state index in [4.69, 9.17) is 11.6 Å². The summed E-state index contributed by atoms with van der Waals surface area (Å²) in [7, 11) is 1.88. The summed E-state index contributed by atoms with van der Waals surface area (Å²) in [4.78, 5) is 10.3. The Balaban J connectivity index is 1.62. The molecular formula is C25H25ClF3N9. The lowest BCUT2D eigenvalue weighted by atomic mass is 9.94. The summed E-state index contributed by atoms with van der Waals surface area (Å²) >= 11 is 6.61. The first kappa shape index (κ1) is 25.9. The van der Waals surface area contributed by atoms with E-state index in [9.17, 15) is 18.4 Å². The van der Waals surface area contributed by atoms with Crippen LogP contribution in [0.15, 0.2) is 24.7 Å². The minimum absolute atomic E-state index is 0.0301. The number of aromatic nitrogens is 7. The first-order chi connectivity index (χ1) is 17.9. The summed E-state index contributed by atoms with van der Waals surface area (Å²) in [6.45, 7) is 6.81. The van der Waals surface area contributed by atoms with E-state index in [1.54, 1.807) is 17.1 Å². The molecule has 0 amide bonds. The second kappa shape index (κ2) is 9.23. The fourth-order valence-electron chi connectivity index (χ4n) is 4.83. The van der Waals surface area contributed by atoms with Crippen molar-refractivity contribution in [2.24, 2.45) is 7.05 Å². The number of piperidine rings is 1. The Hall–Kier alpha value is -3.72. The third kappa shape index (κ3) is 4.55. The quantitative estimate of drug-likeness (QED) is 0.345. The number of pyridine rings is 2. The van der Waals surface area contributed by atoms with Gasteiger partial charge in [0.15, 0.2) is 5.65 Å². The SMILES string of the molecule is Cn1cnnc1C1CCN(c2c(C#N)cc(C(F)(F)F)nc2-c2cnc3nn(C(C)(C)C)c(Cl)c3c2)CC1. The second-order valence-electron chi connectivity index (χ2n) is 10.4. The van der Waals surface area contributed by atoms with Crippen molar-refractivity contribution < 1.29 is 13.2 Å². The highest BCUT2D eigenvalue weighted by atomic mass is 35.5. The highest BCUT2D eigenvalue weighted by Gasteiger charge is 2.36. The number of anilines is 1. The van der Waals surface area contributed by atoms with Crippen LogP contribution in [0, 0.1) is 11.3 Å². The molecule has 4 aromatic heterocycles. The fraction of sp³-hybridized carbons (Fsp3) is 0.440. The average Bonchev–Trinajstić information content (AvgIpc) is 3.45. The number of nitriles is 1. The molecule has 4 aromatic rings. The molecule has 0 aromatic carbocycles. The Bertz CT molecular complexity index is 1550. The summed E-state index contributed by atoms with van der Waals surface area (Å²) in [5.74, 6) is 1.01. The fourth-order valence-corrected chi connectivity index (χ4v) is 5.26. The molecule has 5 rings (SSSR count). The van der Waals surface area contributed by atoms with Crippen molar-refractivity contribution >= 4 is 28.3 Å². The van der Waals surface area contributed by atoms with E-state index in [1.807, 2.05) is 43.4 Å². The molecule has 0 spiro atoms. The molecular weight excluding hydrogens is 519 g/mol. The Kier molecular flexibility index (Phi) is 6.30. The van der Waals surface area contributed by atoms with E-state index >= 15 is 0 Å². The van der Waals surface area contributed by atoms with Crippen molar-refractivity contribution in [2.45, 2.75) is 51.2 Å². The van der Waals surface area contributed by atoms with Gasteiger partial charge in [-0.05, 0) is 45.7 Å². The zero-order valence-electron chi connectivity index (χ0n) is 21.3. The lowest BCUT2D eigenvalue weighted by Gasteiger charge is -2.34. The maximum absolute atomic E-state index is 13.8. The first-order valence-corrected chi connectivity index (χ1v) is 12.4. The van der Waals surface area contributed by atoms with E-state index < -0.39 is 17.4 Å². The predicted octanol–water partition coefficient (Wildman–Crippen LogP) is 5.30. The van der Waals surface area contributed by atoms with E-state index in [2.05, 4.69) is 25.3 Å². The number of hydrogen-bond donors (Lipinski definition) is 0. The Labute approximate surface area is 221 Å². The number of fused-ring (bicyclic) bond motifs is 1. The number of alkyl halides is 3. The number of hydrogen-bond acceptors (Lipinski definition) is 7. The van der Waals surface area contributed by atoms with Crippen LogP contribution in [-0.4, -0.2) is 47.6 Å². The molecule has 0 aliphatic carbocycles. The Morgan fingerprint density at radius 2 is 1.84 bits per heavy atom. The molecule has 0 saturated carbocycles. The van der Waals surface area contributed by atoms with E-state index in [0.717, 1.165) is 11.9 Å². The zero-order chi connectivity index (χ0) is 27.4. The van der Waals surface area contributed by atoms with Crippen LogP contribution < -0.4 is 4.90 Å². The molecule has 5 heterocycles. The lowest BCUT2D eigenvalue weighted by molar-refractivity contribution is -0.141. The molecule has 0 atom stereocenters. The summed E-state index contributed by atoms with van der Waals surface area (Å²) in [5, 5.41) is 23.3. The summed E-state index contributed by atoms with van der Waals surface area (Å²) < 4.78 is 45.0. The molecule has 0 N–H and O–H groups in total. The van der Waals surface area contributed by atoms with Crippen LogP contribution >= 0.6 is 11.6 Å². The summed E-state index contributed by atoms with van der Waals surface area (Å²) in [5.41, 5.74) is -0.610. The monoisotopic (exact) mass is 543 g/mol. The Morgan fingerprint density at radius 1 is 1.13 bits per heavy atom. The van der Waals surface area contributed by atoms with Gasteiger partial charge in [-0.3, -0.25) is 0 Å². The van der Waals surface area contributed by atoms with Crippen molar-refractivity contribution in [3.8, 4) is 17.3 Å². The van der Waals surface area contributed by atoms with Crippen molar-refractivity contribution in [2.75, 3.05) is 18.0 Å². The van der Waals surface area contributed by atoms with Crippen molar-refractivity contribution in [3.63, 3.8) is 0 Å². The number of rotatable bonds is 3. The van der Waals surface area contributed by atoms with E-state index in [-0.39, 0.29) is 17.2 Å². The van der Waals surface area contributed by atoms with Gasteiger partial charge in [-0.15, -0.1) is 10.2 Å². The first-order valence-electron chi connectivity index (χ1n) is 12.0. The predicted molar refractivity (Wildman–Crippen MR) is 136 cm³/mol. The van der Waals surface area contributed by atoms with Crippen LogP contribution in [-0.2, 0) is 18.8 Å². The van der Waals surface area contributed by atoms with Gasteiger partial charge in [-0.25, -0.2) is 14.6 Å². The van der Waals surface area contributed by atoms with Gasteiger partial charge in [-0.1, -0.05) is 11.6 Å². The van der Waals surface area contributed by atoms with Gasteiger partial charge in [0.1, 0.15) is 29.1 Å². The van der Waals surface area contributed by atoms with Gasteiger partial charge >= 0.3 is 6.18 Å². The minimum atomic E-state index is -4.73. The normalized spacial score (nSPS) is 15.3. The maximum Gasteiger partial charge on any atom is 0.433 e. The van der Waals surface area contributed by atoms with E-state index in [1.165, 1.54) is 6.20 Å². The molecule has 9 nitrogen and oxygen atoms in total. The topological polar surface area (TPSA) is 101 Å². The third-order valence-corrected chi connectivity index (χ3v) is 7.07. The minimum Gasteiger partial charge on any atom is -0.369 e. The van der Waals surface area contributed by atoms with Crippen LogP contribution in [0.2, 0.25) is 5.15 Å². The molecule has 13 heteroatoms. The van der Waals surface area contributed by atoms with Gasteiger partial charge in [-0.2, -0.15) is 23.5 Å².